The van der Waals surface area contributed by atoms with E-state index >= 15 is 0 Å². The predicted molar refractivity (Wildman–Crippen MR) is 121 cm³/mol. The topological polar surface area (TPSA) is 74.3 Å². The zero-order valence-corrected chi connectivity index (χ0v) is 17.2. The van der Waals surface area contributed by atoms with Crippen LogP contribution in [0.4, 0.5) is 5.69 Å². The molecule has 1 aromatic heterocycles. The van der Waals surface area contributed by atoms with Gasteiger partial charge >= 0.3 is 0 Å². The highest BCUT2D eigenvalue weighted by molar-refractivity contribution is 7.89. The van der Waals surface area contributed by atoms with Gasteiger partial charge in [-0.3, -0.25) is 4.98 Å². The van der Waals surface area contributed by atoms with E-state index in [1.807, 2.05) is 37.4 Å². The van der Waals surface area contributed by atoms with Crippen molar-refractivity contribution in [2.45, 2.75) is 12.3 Å². The zero-order chi connectivity index (χ0) is 20.0. The van der Waals surface area contributed by atoms with Gasteiger partial charge in [0.25, 0.3) is 0 Å². The van der Waals surface area contributed by atoms with Gasteiger partial charge in [0.1, 0.15) is 0 Å². The Hall–Kier alpha value is -2.19. The summed E-state index contributed by atoms with van der Waals surface area (Å²) in [5.74, 6) is 0. The quantitative estimate of drug-likeness (QED) is 0.504. The normalized spacial score (nSPS) is 11.2. The standard InChI is InChI=1S/C20H23ClN4O2S.CH4/c1-25(18-7-5-17(21)6-8-18)14-13-22-11-12-24-28(26,27)20-4-2-3-16-15-23-10-9-19(16)20;/h2-10,15,22,24H,11-14H2,1H3;1H4. The molecule has 0 unspecified atom stereocenters. The maximum atomic E-state index is 12.6. The van der Waals surface area contributed by atoms with E-state index < -0.39 is 10.0 Å². The SMILES string of the molecule is C.CN(CCNCCNS(=O)(=O)c1cccc2cnccc12)c1ccc(Cl)cc1. The molecule has 3 aromatic rings. The number of aromatic nitrogens is 1. The molecule has 0 aliphatic rings. The first-order valence-electron chi connectivity index (χ1n) is 8.97. The van der Waals surface area contributed by atoms with E-state index in [2.05, 4.69) is 19.9 Å². The number of sulfonamides is 1. The minimum absolute atomic E-state index is 0. The van der Waals surface area contributed by atoms with E-state index in [9.17, 15) is 8.42 Å². The summed E-state index contributed by atoms with van der Waals surface area (Å²) >= 11 is 5.90. The third kappa shape index (κ3) is 6.14. The van der Waals surface area contributed by atoms with Gasteiger partial charge in [0.15, 0.2) is 0 Å². The van der Waals surface area contributed by atoms with Crippen LogP contribution in [-0.2, 0) is 10.0 Å². The molecule has 0 atom stereocenters. The highest BCUT2D eigenvalue weighted by atomic mass is 35.5. The van der Waals surface area contributed by atoms with Crippen LogP contribution >= 0.6 is 11.6 Å². The van der Waals surface area contributed by atoms with Crippen LogP contribution in [0, 0.1) is 0 Å². The summed E-state index contributed by atoms with van der Waals surface area (Å²) < 4.78 is 27.9. The molecule has 2 N–H and O–H groups in total. The highest BCUT2D eigenvalue weighted by Gasteiger charge is 2.16. The Labute approximate surface area is 178 Å². The molecule has 3 rings (SSSR count). The van der Waals surface area contributed by atoms with E-state index in [0.29, 0.717) is 23.5 Å². The molecule has 0 amide bonds. The molecule has 0 saturated carbocycles. The Morgan fingerprint density at radius 1 is 1.03 bits per heavy atom. The second-order valence-electron chi connectivity index (χ2n) is 6.40. The third-order valence-corrected chi connectivity index (χ3v) is 6.19. The fourth-order valence-corrected chi connectivity index (χ4v) is 4.26. The Bertz CT molecular complexity index is 1020. The molecule has 8 heteroatoms. The first-order chi connectivity index (χ1) is 13.5. The van der Waals surface area contributed by atoms with Gasteiger partial charge in [0, 0.05) is 67.1 Å². The number of likely N-dealkylation sites (N-methyl/N-ethyl adjacent to an activating group) is 1. The molecule has 2 aromatic carbocycles. The number of fused-ring (bicyclic) bond motifs is 1. The molecular formula is C21H27ClN4O2S. The number of benzene rings is 2. The van der Waals surface area contributed by atoms with Crippen molar-refractivity contribution in [3.63, 3.8) is 0 Å². The second-order valence-corrected chi connectivity index (χ2v) is 8.57. The van der Waals surface area contributed by atoms with Crippen LogP contribution in [0.25, 0.3) is 10.8 Å². The van der Waals surface area contributed by atoms with Gasteiger partial charge in [-0.15, -0.1) is 0 Å². The largest absolute Gasteiger partial charge is 0.373 e. The van der Waals surface area contributed by atoms with E-state index in [0.717, 1.165) is 24.2 Å². The molecule has 156 valence electrons. The van der Waals surface area contributed by atoms with Crippen LogP contribution in [0.3, 0.4) is 0 Å². The predicted octanol–water partition coefficient (Wildman–Crippen LogP) is 3.53. The van der Waals surface area contributed by atoms with Crippen molar-refractivity contribution in [1.29, 1.82) is 0 Å². The van der Waals surface area contributed by atoms with Crippen LogP contribution in [0.5, 0.6) is 0 Å². The lowest BCUT2D eigenvalue weighted by molar-refractivity contribution is 0.577. The molecule has 0 radical (unpaired) electrons. The van der Waals surface area contributed by atoms with Crippen LogP contribution in [0.15, 0.2) is 65.8 Å². The molecule has 0 saturated heterocycles. The number of rotatable bonds is 9. The second kappa shape index (κ2) is 10.5. The summed E-state index contributed by atoms with van der Waals surface area (Å²) in [6.07, 6.45) is 3.26. The zero-order valence-electron chi connectivity index (χ0n) is 15.6. The summed E-state index contributed by atoms with van der Waals surface area (Å²) in [6.45, 7) is 2.39. The summed E-state index contributed by atoms with van der Waals surface area (Å²) in [5.41, 5.74) is 1.08. The van der Waals surface area contributed by atoms with E-state index in [1.54, 1.807) is 30.6 Å². The van der Waals surface area contributed by atoms with Gasteiger partial charge in [0.2, 0.25) is 10.0 Å². The lowest BCUT2D eigenvalue weighted by Gasteiger charge is -2.19. The molecule has 1 heterocycles. The fraction of sp³-hybridized carbons (Fsp3) is 0.286. The maximum absolute atomic E-state index is 12.6. The first-order valence-corrected chi connectivity index (χ1v) is 10.8. The van der Waals surface area contributed by atoms with E-state index in [-0.39, 0.29) is 12.3 Å². The summed E-state index contributed by atoms with van der Waals surface area (Å²) in [5, 5.41) is 5.44. The maximum Gasteiger partial charge on any atom is 0.241 e. The average Bonchev–Trinajstić information content (AvgIpc) is 2.70. The van der Waals surface area contributed by atoms with Crippen molar-refractivity contribution >= 4 is 38.1 Å². The average molecular weight is 435 g/mol. The molecule has 0 aliphatic carbocycles. The van der Waals surface area contributed by atoms with Gasteiger partial charge in [-0.05, 0) is 36.4 Å². The fourth-order valence-electron chi connectivity index (χ4n) is 2.88. The van der Waals surface area contributed by atoms with Gasteiger partial charge in [-0.1, -0.05) is 31.2 Å². The molecule has 0 spiro atoms. The number of nitrogens with zero attached hydrogens (tertiary/aromatic N) is 2. The number of hydrogen-bond acceptors (Lipinski definition) is 5. The summed E-state index contributed by atoms with van der Waals surface area (Å²) in [4.78, 5) is 6.42. The van der Waals surface area contributed by atoms with Crippen molar-refractivity contribution in [2.75, 3.05) is 38.1 Å². The Morgan fingerprint density at radius 3 is 2.55 bits per heavy atom. The molecular weight excluding hydrogens is 408 g/mol. The molecule has 29 heavy (non-hydrogen) atoms. The van der Waals surface area contributed by atoms with E-state index in [4.69, 9.17) is 11.6 Å². The number of hydrogen-bond donors (Lipinski definition) is 2. The minimum atomic E-state index is -3.58. The number of anilines is 1. The molecule has 0 aliphatic heterocycles. The molecule has 0 bridgehead atoms. The van der Waals surface area contributed by atoms with E-state index in [1.165, 1.54) is 0 Å². The van der Waals surface area contributed by atoms with Gasteiger partial charge in [-0.2, -0.15) is 0 Å². The number of halogens is 1. The monoisotopic (exact) mass is 434 g/mol. The van der Waals surface area contributed by atoms with Gasteiger partial charge in [-0.25, -0.2) is 13.1 Å². The molecule has 0 fully saturated rings. The van der Waals surface area contributed by atoms with Crippen molar-refractivity contribution in [3.8, 4) is 0 Å². The van der Waals surface area contributed by atoms with Crippen molar-refractivity contribution in [3.05, 3.63) is 65.9 Å². The smallest absolute Gasteiger partial charge is 0.241 e. The van der Waals surface area contributed by atoms with Crippen LogP contribution < -0.4 is 14.9 Å². The van der Waals surface area contributed by atoms with Gasteiger partial charge < -0.3 is 10.2 Å². The third-order valence-electron chi connectivity index (χ3n) is 4.42. The van der Waals surface area contributed by atoms with Crippen molar-refractivity contribution in [1.82, 2.24) is 15.0 Å². The number of pyridine rings is 1. The first kappa shape index (κ1) is 23.1. The van der Waals surface area contributed by atoms with Crippen LogP contribution in [0.1, 0.15) is 7.43 Å². The van der Waals surface area contributed by atoms with Crippen molar-refractivity contribution in [2.24, 2.45) is 0 Å². The Kier molecular flexibility index (Phi) is 8.40. The van der Waals surface area contributed by atoms with Crippen LogP contribution in [0.2, 0.25) is 5.02 Å². The van der Waals surface area contributed by atoms with Crippen molar-refractivity contribution < 1.29 is 8.42 Å². The van der Waals surface area contributed by atoms with Crippen LogP contribution in [-0.4, -0.2) is 46.6 Å². The Balaban J connectivity index is 0.00000300. The lowest BCUT2D eigenvalue weighted by Crippen LogP contribution is -2.35. The highest BCUT2D eigenvalue weighted by Crippen LogP contribution is 2.21. The Morgan fingerprint density at radius 2 is 1.79 bits per heavy atom. The van der Waals surface area contributed by atoms with Gasteiger partial charge in [0.05, 0.1) is 4.90 Å². The number of nitrogens with one attached hydrogen (secondary N) is 2. The minimum Gasteiger partial charge on any atom is -0.373 e. The summed E-state index contributed by atoms with van der Waals surface area (Å²) in [7, 11) is -1.58. The molecule has 6 nitrogen and oxygen atoms in total. The lowest BCUT2D eigenvalue weighted by atomic mass is 10.2. The summed E-state index contributed by atoms with van der Waals surface area (Å²) in [6, 6.07) is 14.6.